The third-order valence-electron chi connectivity index (χ3n) is 3.96. The van der Waals surface area contributed by atoms with Gasteiger partial charge in [0.25, 0.3) is 0 Å². The Bertz CT molecular complexity index is 609. The third kappa shape index (κ3) is 4.29. The van der Waals surface area contributed by atoms with Gasteiger partial charge in [0, 0.05) is 7.11 Å². The van der Waals surface area contributed by atoms with Gasteiger partial charge in [-0.3, -0.25) is 0 Å². The van der Waals surface area contributed by atoms with E-state index in [0.717, 1.165) is 11.1 Å². The standard InChI is InChI=1S/C20H22O3/c1-21-19-13-12-18(17-10-6-3-7-11-17)23-20(19)15-22-14-16-8-4-2-5-9-16/h2-13,18-20H,14-15H2,1H3/t18-,19+,20+/m0/s1. The van der Waals surface area contributed by atoms with E-state index in [0.29, 0.717) is 13.2 Å². The molecule has 3 heteroatoms. The highest BCUT2D eigenvalue weighted by Gasteiger charge is 2.28. The fourth-order valence-electron chi connectivity index (χ4n) is 2.71. The summed E-state index contributed by atoms with van der Waals surface area (Å²) >= 11 is 0. The molecule has 2 aromatic carbocycles. The summed E-state index contributed by atoms with van der Waals surface area (Å²) in [6, 6.07) is 20.4. The van der Waals surface area contributed by atoms with E-state index >= 15 is 0 Å². The van der Waals surface area contributed by atoms with Crippen LogP contribution < -0.4 is 0 Å². The molecule has 1 heterocycles. The van der Waals surface area contributed by atoms with Crippen LogP contribution >= 0.6 is 0 Å². The van der Waals surface area contributed by atoms with Gasteiger partial charge in [-0.1, -0.05) is 72.8 Å². The molecule has 2 aromatic rings. The van der Waals surface area contributed by atoms with Crippen LogP contribution in [0.15, 0.2) is 72.8 Å². The Morgan fingerprint density at radius 1 is 0.913 bits per heavy atom. The zero-order chi connectivity index (χ0) is 15.9. The van der Waals surface area contributed by atoms with Crippen molar-refractivity contribution in [2.45, 2.75) is 24.9 Å². The quantitative estimate of drug-likeness (QED) is 0.757. The largest absolute Gasteiger partial charge is 0.375 e. The molecule has 0 spiro atoms. The van der Waals surface area contributed by atoms with Gasteiger partial charge in [-0.2, -0.15) is 0 Å². The second-order valence-corrected chi connectivity index (χ2v) is 5.59. The maximum atomic E-state index is 6.18. The number of ether oxygens (including phenoxy) is 3. The monoisotopic (exact) mass is 310 g/mol. The minimum absolute atomic E-state index is 0.0482. The predicted molar refractivity (Wildman–Crippen MR) is 90.1 cm³/mol. The van der Waals surface area contributed by atoms with Crippen LogP contribution in [0.25, 0.3) is 0 Å². The highest BCUT2D eigenvalue weighted by Crippen LogP contribution is 2.27. The molecule has 0 saturated carbocycles. The summed E-state index contributed by atoms with van der Waals surface area (Å²) < 4.78 is 17.5. The van der Waals surface area contributed by atoms with Crippen molar-refractivity contribution in [1.82, 2.24) is 0 Å². The van der Waals surface area contributed by atoms with E-state index < -0.39 is 0 Å². The van der Waals surface area contributed by atoms with Gasteiger partial charge in [-0.15, -0.1) is 0 Å². The van der Waals surface area contributed by atoms with E-state index in [1.54, 1.807) is 7.11 Å². The molecule has 3 nitrogen and oxygen atoms in total. The van der Waals surface area contributed by atoms with Crippen LogP contribution in [0.2, 0.25) is 0 Å². The van der Waals surface area contributed by atoms with E-state index in [2.05, 4.69) is 36.4 Å². The van der Waals surface area contributed by atoms with E-state index in [4.69, 9.17) is 14.2 Å². The molecule has 0 unspecified atom stereocenters. The SMILES string of the molecule is CO[C@@H]1C=C[C@@H](c2ccccc2)O[C@@H]1COCc1ccccc1. The summed E-state index contributed by atoms with van der Waals surface area (Å²) in [7, 11) is 1.70. The molecule has 0 radical (unpaired) electrons. The lowest BCUT2D eigenvalue weighted by Gasteiger charge is -2.31. The minimum Gasteiger partial charge on any atom is -0.375 e. The van der Waals surface area contributed by atoms with Crippen molar-refractivity contribution in [3.63, 3.8) is 0 Å². The highest BCUT2D eigenvalue weighted by atomic mass is 16.6. The van der Waals surface area contributed by atoms with Gasteiger partial charge in [0.1, 0.15) is 18.3 Å². The van der Waals surface area contributed by atoms with Crippen molar-refractivity contribution < 1.29 is 14.2 Å². The number of benzene rings is 2. The molecule has 1 aliphatic rings. The first-order valence-corrected chi connectivity index (χ1v) is 7.90. The molecular formula is C20H22O3. The molecule has 0 saturated heterocycles. The van der Waals surface area contributed by atoms with Crippen molar-refractivity contribution in [2.24, 2.45) is 0 Å². The van der Waals surface area contributed by atoms with E-state index in [1.165, 1.54) is 0 Å². The number of rotatable bonds is 6. The first-order chi connectivity index (χ1) is 11.4. The van der Waals surface area contributed by atoms with Gasteiger partial charge >= 0.3 is 0 Å². The second-order valence-electron chi connectivity index (χ2n) is 5.59. The van der Waals surface area contributed by atoms with Gasteiger partial charge in [0.05, 0.1) is 13.2 Å². The zero-order valence-corrected chi connectivity index (χ0v) is 13.3. The van der Waals surface area contributed by atoms with Crippen LogP contribution in [0, 0.1) is 0 Å². The third-order valence-corrected chi connectivity index (χ3v) is 3.96. The molecule has 0 aliphatic carbocycles. The molecule has 1 aliphatic heterocycles. The maximum Gasteiger partial charge on any atom is 0.112 e. The fourth-order valence-corrected chi connectivity index (χ4v) is 2.71. The number of hydrogen-bond acceptors (Lipinski definition) is 3. The molecule has 0 N–H and O–H groups in total. The molecule has 3 rings (SSSR count). The summed E-state index contributed by atoms with van der Waals surface area (Å²) in [6.45, 7) is 1.08. The van der Waals surface area contributed by atoms with E-state index in [9.17, 15) is 0 Å². The first kappa shape index (κ1) is 15.9. The van der Waals surface area contributed by atoms with Gasteiger partial charge < -0.3 is 14.2 Å². The molecule has 120 valence electrons. The topological polar surface area (TPSA) is 27.7 Å². The van der Waals surface area contributed by atoms with Crippen LogP contribution in [0.3, 0.4) is 0 Å². The van der Waals surface area contributed by atoms with E-state index in [-0.39, 0.29) is 18.3 Å². The van der Waals surface area contributed by atoms with Crippen LogP contribution in [-0.4, -0.2) is 25.9 Å². The average molecular weight is 310 g/mol. The summed E-state index contributed by atoms with van der Waals surface area (Å²) in [5.41, 5.74) is 2.30. The van der Waals surface area contributed by atoms with Crippen molar-refractivity contribution in [1.29, 1.82) is 0 Å². The van der Waals surface area contributed by atoms with Gasteiger partial charge in [0.2, 0.25) is 0 Å². The maximum absolute atomic E-state index is 6.18. The average Bonchev–Trinajstić information content (AvgIpc) is 2.63. The van der Waals surface area contributed by atoms with Crippen molar-refractivity contribution in [2.75, 3.05) is 13.7 Å². The molecule has 0 fully saturated rings. The Kier molecular flexibility index (Phi) is 5.59. The summed E-state index contributed by atoms with van der Waals surface area (Å²) in [5, 5.41) is 0. The lowest BCUT2D eigenvalue weighted by atomic mass is 10.0. The number of hydrogen-bond donors (Lipinski definition) is 0. The highest BCUT2D eigenvalue weighted by molar-refractivity contribution is 5.23. The van der Waals surface area contributed by atoms with Crippen molar-refractivity contribution in [3.05, 3.63) is 83.9 Å². The van der Waals surface area contributed by atoms with Gasteiger partial charge in [-0.25, -0.2) is 0 Å². The molecule has 0 aromatic heterocycles. The number of methoxy groups -OCH3 is 1. The molecule has 23 heavy (non-hydrogen) atoms. The van der Waals surface area contributed by atoms with Crippen LogP contribution in [0.4, 0.5) is 0 Å². The minimum atomic E-state index is -0.112. The van der Waals surface area contributed by atoms with Crippen molar-refractivity contribution >= 4 is 0 Å². The Hall–Kier alpha value is -1.94. The van der Waals surface area contributed by atoms with Crippen molar-refractivity contribution in [3.8, 4) is 0 Å². The molecule has 3 atom stereocenters. The van der Waals surface area contributed by atoms with E-state index in [1.807, 2.05) is 36.4 Å². The lowest BCUT2D eigenvalue weighted by Crippen LogP contribution is -2.37. The Balaban J connectivity index is 1.59. The van der Waals surface area contributed by atoms with Gasteiger partial charge in [-0.05, 0) is 11.1 Å². The first-order valence-electron chi connectivity index (χ1n) is 7.90. The molecular weight excluding hydrogens is 288 g/mol. The van der Waals surface area contributed by atoms with Gasteiger partial charge in [0.15, 0.2) is 0 Å². The normalized spacial score (nSPS) is 23.8. The summed E-state index contributed by atoms with van der Waals surface area (Å²) in [6.07, 6.45) is 3.88. The Labute approximate surface area is 137 Å². The Morgan fingerprint density at radius 2 is 1.61 bits per heavy atom. The summed E-state index contributed by atoms with van der Waals surface area (Å²) in [4.78, 5) is 0. The lowest BCUT2D eigenvalue weighted by molar-refractivity contribution is -0.107. The van der Waals surface area contributed by atoms with Crippen LogP contribution in [0.5, 0.6) is 0 Å². The van der Waals surface area contributed by atoms with Crippen LogP contribution in [-0.2, 0) is 20.8 Å². The smallest absolute Gasteiger partial charge is 0.112 e. The zero-order valence-electron chi connectivity index (χ0n) is 13.3. The van der Waals surface area contributed by atoms with Crippen LogP contribution in [0.1, 0.15) is 17.2 Å². The molecule has 0 bridgehead atoms. The fraction of sp³-hybridized carbons (Fsp3) is 0.300. The predicted octanol–water partition coefficient (Wildman–Crippen LogP) is 3.91. The Morgan fingerprint density at radius 3 is 2.30 bits per heavy atom. The summed E-state index contributed by atoms with van der Waals surface area (Å²) in [5.74, 6) is 0. The second kappa shape index (κ2) is 8.06. The molecule has 0 amide bonds.